The molecule has 0 radical (unpaired) electrons. The Morgan fingerprint density at radius 3 is 2.32 bits per heavy atom. The van der Waals surface area contributed by atoms with Gasteiger partial charge >= 0.3 is 0 Å². The lowest BCUT2D eigenvalue weighted by atomic mass is 10.1. The number of anilines is 1. The lowest BCUT2D eigenvalue weighted by Gasteiger charge is -2.09. The maximum absolute atomic E-state index is 5.91. The topological polar surface area (TPSA) is 51.8 Å². The molecule has 1 fully saturated rings. The SMILES string of the molecule is Cc1cc(-c2nc(N)cc(C3CC3)n2)cc(C)c1Br. The van der Waals surface area contributed by atoms with Crippen LogP contribution >= 0.6 is 15.9 Å². The molecule has 1 aromatic heterocycles. The van der Waals surface area contributed by atoms with Gasteiger partial charge in [0.05, 0.1) is 0 Å². The number of rotatable bonds is 2. The summed E-state index contributed by atoms with van der Waals surface area (Å²) in [5.74, 6) is 1.88. The van der Waals surface area contributed by atoms with E-state index in [9.17, 15) is 0 Å². The van der Waals surface area contributed by atoms with Gasteiger partial charge in [-0.3, -0.25) is 0 Å². The first-order valence-corrected chi connectivity index (χ1v) is 7.25. The molecule has 3 rings (SSSR count). The Morgan fingerprint density at radius 2 is 1.74 bits per heavy atom. The van der Waals surface area contributed by atoms with Gasteiger partial charge in [-0.1, -0.05) is 15.9 Å². The van der Waals surface area contributed by atoms with Crippen molar-refractivity contribution < 1.29 is 0 Å². The number of nitrogen functional groups attached to an aromatic ring is 1. The number of aryl methyl sites for hydroxylation is 2. The number of hydrogen-bond donors (Lipinski definition) is 1. The van der Waals surface area contributed by atoms with Crippen LogP contribution in [0.1, 0.15) is 35.6 Å². The number of hydrogen-bond acceptors (Lipinski definition) is 3. The Balaban J connectivity index is 2.11. The molecule has 3 nitrogen and oxygen atoms in total. The smallest absolute Gasteiger partial charge is 0.161 e. The molecular formula is C15H16BrN3. The second-order valence-electron chi connectivity index (χ2n) is 5.24. The van der Waals surface area contributed by atoms with Gasteiger partial charge in [0.15, 0.2) is 5.82 Å². The third kappa shape index (κ3) is 2.50. The molecule has 0 amide bonds. The summed E-state index contributed by atoms with van der Waals surface area (Å²) in [4.78, 5) is 9.05. The molecule has 2 aromatic rings. The first-order valence-electron chi connectivity index (χ1n) is 6.46. The summed E-state index contributed by atoms with van der Waals surface area (Å²) in [6.07, 6.45) is 2.43. The van der Waals surface area contributed by atoms with Crippen LogP contribution in [0.4, 0.5) is 5.82 Å². The van der Waals surface area contributed by atoms with Crippen LogP contribution in [0.3, 0.4) is 0 Å². The Labute approximate surface area is 121 Å². The maximum Gasteiger partial charge on any atom is 0.161 e. The molecule has 1 saturated carbocycles. The van der Waals surface area contributed by atoms with E-state index in [0.29, 0.717) is 11.7 Å². The van der Waals surface area contributed by atoms with Crippen LogP contribution in [-0.4, -0.2) is 9.97 Å². The number of aromatic nitrogens is 2. The van der Waals surface area contributed by atoms with Gasteiger partial charge in [-0.2, -0.15) is 0 Å². The van der Waals surface area contributed by atoms with Gasteiger partial charge < -0.3 is 5.73 Å². The summed E-state index contributed by atoms with van der Waals surface area (Å²) in [7, 11) is 0. The molecule has 1 aliphatic carbocycles. The second-order valence-corrected chi connectivity index (χ2v) is 6.03. The van der Waals surface area contributed by atoms with Crippen molar-refractivity contribution in [1.82, 2.24) is 9.97 Å². The third-order valence-electron chi connectivity index (χ3n) is 3.46. The fraction of sp³-hybridized carbons (Fsp3) is 0.333. The molecule has 19 heavy (non-hydrogen) atoms. The van der Waals surface area contributed by atoms with Gasteiger partial charge in [-0.05, 0) is 49.9 Å². The van der Waals surface area contributed by atoms with E-state index in [2.05, 4.69) is 51.9 Å². The zero-order valence-electron chi connectivity index (χ0n) is 11.1. The summed E-state index contributed by atoms with van der Waals surface area (Å²) in [6, 6.07) is 6.10. The summed E-state index contributed by atoms with van der Waals surface area (Å²) in [5.41, 5.74) is 10.4. The quantitative estimate of drug-likeness (QED) is 0.911. The standard InChI is InChI=1S/C15H16BrN3/c1-8-5-11(6-9(2)14(8)16)15-18-12(10-3-4-10)7-13(17)19-15/h5-7,10H,3-4H2,1-2H3,(H2,17,18,19). The van der Waals surface area contributed by atoms with Crippen molar-refractivity contribution in [2.24, 2.45) is 0 Å². The first kappa shape index (κ1) is 12.6. The molecule has 1 aliphatic rings. The fourth-order valence-electron chi connectivity index (χ4n) is 2.28. The number of benzene rings is 1. The minimum absolute atomic E-state index is 0.560. The predicted molar refractivity (Wildman–Crippen MR) is 81.0 cm³/mol. The fourth-order valence-corrected chi connectivity index (χ4v) is 2.51. The van der Waals surface area contributed by atoms with Crippen molar-refractivity contribution in [2.75, 3.05) is 5.73 Å². The van der Waals surface area contributed by atoms with Crippen molar-refractivity contribution in [2.45, 2.75) is 32.6 Å². The van der Waals surface area contributed by atoms with E-state index in [-0.39, 0.29) is 0 Å². The van der Waals surface area contributed by atoms with Crippen LogP contribution in [0.15, 0.2) is 22.7 Å². The molecule has 0 bridgehead atoms. The van der Waals surface area contributed by atoms with E-state index >= 15 is 0 Å². The molecule has 0 spiro atoms. The summed E-state index contributed by atoms with van der Waals surface area (Å²) >= 11 is 3.58. The van der Waals surface area contributed by atoms with Crippen LogP contribution in [0.2, 0.25) is 0 Å². The minimum Gasteiger partial charge on any atom is -0.384 e. The molecule has 0 saturated heterocycles. The number of halogens is 1. The summed E-state index contributed by atoms with van der Waals surface area (Å²) < 4.78 is 1.14. The lowest BCUT2D eigenvalue weighted by molar-refractivity contribution is 0.997. The highest BCUT2D eigenvalue weighted by atomic mass is 79.9. The normalized spacial score (nSPS) is 14.7. The molecule has 4 heteroatoms. The van der Waals surface area contributed by atoms with Gasteiger partial charge in [-0.15, -0.1) is 0 Å². The Bertz CT molecular complexity index is 625. The molecular weight excluding hydrogens is 302 g/mol. The molecule has 98 valence electrons. The molecule has 1 heterocycles. The van der Waals surface area contributed by atoms with Crippen LogP contribution < -0.4 is 5.73 Å². The van der Waals surface area contributed by atoms with Crippen molar-refractivity contribution in [3.05, 3.63) is 39.5 Å². The van der Waals surface area contributed by atoms with E-state index < -0.39 is 0 Å². The maximum atomic E-state index is 5.91. The molecule has 1 aromatic carbocycles. The molecule has 0 aliphatic heterocycles. The first-order chi connectivity index (χ1) is 9.04. The minimum atomic E-state index is 0.560. The predicted octanol–water partition coefficient (Wildman–Crippen LogP) is 3.98. The Hall–Kier alpha value is -1.42. The summed E-state index contributed by atoms with van der Waals surface area (Å²) in [6.45, 7) is 4.16. The van der Waals surface area contributed by atoms with Gasteiger partial charge in [0.25, 0.3) is 0 Å². The summed E-state index contributed by atoms with van der Waals surface area (Å²) in [5, 5.41) is 0. The van der Waals surface area contributed by atoms with E-state index in [4.69, 9.17) is 5.73 Å². The zero-order valence-corrected chi connectivity index (χ0v) is 12.7. The van der Waals surface area contributed by atoms with E-state index in [1.807, 2.05) is 6.07 Å². The largest absolute Gasteiger partial charge is 0.384 e. The molecule has 0 unspecified atom stereocenters. The van der Waals surface area contributed by atoms with Crippen molar-refractivity contribution >= 4 is 21.7 Å². The highest BCUT2D eigenvalue weighted by Crippen LogP contribution is 2.40. The average Bonchev–Trinajstić information content (AvgIpc) is 3.18. The highest BCUT2D eigenvalue weighted by molar-refractivity contribution is 9.10. The van der Waals surface area contributed by atoms with E-state index in [1.54, 1.807) is 0 Å². The Morgan fingerprint density at radius 1 is 1.11 bits per heavy atom. The van der Waals surface area contributed by atoms with Crippen molar-refractivity contribution in [3.8, 4) is 11.4 Å². The Kier molecular flexibility index (Phi) is 3.05. The lowest BCUT2D eigenvalue weighted by Crippen LogP contribution is -2.00. The number of nitrogens with two attached hydrogens (primary N) is 1. The molecule has 0 atom stereocenters. The van der Waals surface area contributed by atoms with Crippen molar-refractivity contribution in [3.63, 3.8) is 0 Å². The average molecular weight is 318 g/mol. The van der Waals surface area contributed by atoms with Crippen LogP contribution in [-0.2, 0) is 0 Å². The van der Waals surface area contributed by atoms with Crippen LogP contribution in [0.25, 0.3) is 11.4 Å². The van der Waals surface area contributed by atoms with Gasteiger partial charge in [0.2, 0.25) is 0 Å². The number of nitrogens with zero attached hydrogens (tertiary/aromatic N) is 2. The second kappa shape index (κ2) is 4.60. The molecule has 2 N–H and O–H groups in total. The third-order valence-corrected chi connectivity index (χ3v) is 4.71. The zero-order chi connectivity index (χ0) is 13.6. The monoisotopic (exact) mass is 317 g/mol. The van der Waals surface area contributed by atoms with Crippen LogP contribution in [0, 0.1) is 13.8 Å². The van der Waals surface area contributed by atoms with Gasteiger partial charge in [0.1, 0.15) is 5.82 Å². The van der Waals surface area contributed by atoms with Crippen LogP contribution in [0.5, 0.6) is 0 Å². The van der Waals surface area contributed by atoms with Gasteiger partial charge in [0, 0.05) is 27.7 Å². The van der Waals surface area contributed by atoms with E-state index in [0.717, 1.165) is 21.6 Å². The van der Waals surface area contributed by atoms with Gasteiger partial charge in [-0.25, -0.2) is 9.97 Å². The highest BCUT2D eigenvalue weighted by Gasteiger charge is 2.26. The van der Waals surface area contributed by atoms with E-state index in [1.165, 1.54) is 24.0 Å². The van der Waals surface area contributed by atoms with Crippen molar-refractivity contribution in [1.29, 1.82) is 0 Å².